The molecule has 1 N–H and O–H groups in total. The van der Waals surface area contributed by atoms with E-state index in [2.05, 4.69) is 9.88 Å². The third-order valence-corrected chi connectivity index (χ3v) is 10.2. The lowest BCUT2D eigenvalue weighted by atomic mass is 9.96. The molecule has 0 saturated carbocycles. The van der Waals surface area contributed by atoms with E-state index in [4.69, 9.17) is 0 Å². The number of piperazine rings is 1. The highest BCUT2D eigenvalue weighted by Gasteiger charge is 2.39. The maximum atomic E-state index is 13.7. The highest BCUT2D eigenvalue weighted by atomic mass is 32.2. The van der Waals surface area contributed by atoms with E-state index in [0.29, 0.717) is 63.5 Å². The first-order chi connectivity index (χ1) is 18.2. The van der Waals surface area contributed by atoms with Crippen LogP contribution >= 0.6 is 0 Å². The number of aromatic nitrogens is 1. The molecule has 2 aromatic rings. The number of likely N-dealkylation sites (tertiary alicyclic amines) is 1. The lowest BCUT2D eigenvalue weighted by Gasteiger charge is -2.39. The minimum absolute atomic E-state index is 0.0689. The fraction of sp³-hybridized carbons (Fsp3) is 0.556. The Hall–Kier alpha value is -2.92. The number of anilines is 1. The van der Waals surface area contributed by atoms with Crippen LogP contribution in [0.3, 0.4) is 0 Å². The molecule has 3 aliphatic heterocycles. The molecule has 0 atom stereocenters. The summed E-state index contributed by atoms with van der Waals surface area (Å²) in [6, 6.07) is 6.38. The second kappa shape index (κ2) is 10.7. The average molecular weight is 546 g/mol. The van der Waals surface area contributed by atoms with Crippen LogP contribution < -0.4 is 4.90 Å². The van der Waals surface area contributed by atoms with Crippen molar-refractivity contribution >= 4 is 27.5 Å². The van der Waals surface area contributed by atoms with Gasteiger partial charge in [-0.15, -0.1) is 0 Å². The summed E-state index contributed by atoms with van der Waals surface area (Å²) in [5.41, 5.74) is 2.24. The number of hydrogen-bond donors (Lipinski definition) is 1. The van der Waals surface area contributed by atoms with Crippen molar-refractivity contribution in [1.29, 1.82) is 0 Å². The normalized spacial score (nSPS) is 19.8. The third-order valence-electron chi connectivity index (χ3n) is 8.11. The van der Waals surface area contributed by atoms with Gasteiger partial charge in [0.15, 0.2) is 0 Å². The van der Waals surface area contributed by atoms with Crippen molar-refractivity contribution < 1.29 is 22.4 Å². The second-order valence-electron chi connectivity index (χ2n) is 10.5. The molecule has 4 heterocycles. The Bertz CT molecular complexity index is 1290. The van der Waals surface area contributed by atoms with Gasteiger partial charge in [0.05, 0.1) is 5.56 Å². The molecule has 0 spiro atoms. The van der Waals surface area contributed by atoms with Crippen LogP contribution in [-0.4, -0.2) is 91.7 Å². The molecule has 0 aliphatic carbocycles. The van der Waals surface area contributed by atoms with Crippen LogP contribution in [0.15, 0.2) is 29.2 Å². The largest absolute Gasteiger partial charge is 0.368 e. The summed E-state index contributed by atoms with van der Waals surface area (Å²) in [7, 11) is -3.90. The van der Waals surface area contributed by atoms with Crippen LogP contribution in [0.2, 0.25) is 0 Å². The zero-order chi connectivity index (χ0) is 27.0. The van der Waals surface area contributed by atoms with E-state index in [1.165, 1.54) is 16.4 Å². The minimum atomic E-state index is -3.90. The average Bonchev–Trinajstić information content (AvgIpc) is 3.56. The van der Waals surface area contributed by atoms with Crippen LogP contribution in [0.4, 0.5) is 10.1 Å². The third kappa shape index (κ3) is 5.05. The number of benzene rings is 1. The van der Waals surface area contributed by atoms with Crippen LogP contribution in [0.25, 0.3) is 0 Å². The molecule has 11 heteroatoms. The van der Waals surface area contributed by atoms with Gasteiger partial charge in [-0.3, -0.25) is 9.59 Å². The second-order valence-corrected chi connectivity index (χ2v) is 12.4. The van der Waals surface area contributed by atoms with Crippen molar-refractivity contribution in [3.05, 3.63) is 47.0 Å². The molecular formula is C27H36FN5O4S. The molecular weight excluding hydrogens is 509 g/mol. The predicted octanol–water partition coefficient (Wildman–Crippen LogP) is 2.76. The fourth-order valence-electron chi connectivity index (χ4n) is 5.98. The van der Waals surface area contributed by atoms with E-state index in [0.717, 1.165) is 18.5 Å². The number of amides is 2. The zero-order valence-corrected chi connectivity index (χ0v) is 22.9. The Kier molecular flexibility index (Phi) is 7.50. The van der Waals surface area contributed by atoms with E-state index < -0.39 is 10.0 Å². The van der Waals surface area contributed by atoms with Crippen molar-refractivity contribution in [2.75, 3.05) is 57.3 Å². The van der Waals surface area contributed by atoms with Gasteiger partial charge in [-0.1, -0.05) is 0 Å². The summed E-state index contributed by atoms with van der Waals surface area (Å²) in [5.74, 6) is -0.655. The van der Waals surface area contributed by atoms with Gasteiger partial charge in [0.1, 0.15) is 10.7 Å². The molecule has 38 heavy (non-hydrogen) atoms. The first-order valence-corrected chi connectivity index (χ1v) is 14.9. The summed E-state index contributed by atoms with van der Waals surface area (Å²) in [5, 5.41) is 0. The number of aromatic amines is 1. The van der Waals surface area contributed by atoms with Gasteiger partial charge >= 0.3 is 0 Å². The molecule has 0 bridgehead atoms. The van der Waals surface area contributed by atoms with Gasteiger partial charge in [-0.25, -0.2) is 12.8 Å². The molecule has 1 aromatic heterocycles. The maximum absolute atomic E-state index is 13.7. The van der Waals surface area contributed by atoms with Crippen molar-refractivity contribution in [2.24, 2.45) is 5.92 Å². The maximum Gasteiger partial charge on any atom is 0.257 e. The SMILES string of the molecule is Cc1[nH]c(C)c(S(=O)(=O)N2CCC(C(=O)N3CCN(c4ccc(F)cc4)CC3)CC2)c1C(=O)N1CCCC1. The van der Waals surface area contributed by atoms with Crippen LogP contribution in [0.5, 0.6) is 0 Å². The molecule has 206 valence electrons. The fourth-order valence-corrected chi connectivity index (χ4v) is 7.87. The number of carbonyl (C=O) groups excluding carboxylic acids is 2. The van der Waals surface area contributed by atoms with E-state index >= 15 is 0 Å². The molecule has 1 aromatic carbocycles. The van der Waals surface area contributed by atoms with Gasteiger partial charge in [0, 0.05) is 75.4 Å². The monoisotopic (exact) mass is 545 g/mol. The molecule has 3 aliphatic rings. The van der Waals surface area contributed by atoms with E-state index in [1.54, 1.807) is 30.9 Å². The smallest absolute Gasteiger partial charge is 0.257 e. The number of halogens is 1. The van der Waals surface area contributed by atoms with Gasteiger partial charge in [0.2, 0.25) is 15.9 Å². The zero-order valence-electron chi connectivity index (χ0n) is 22.1. The molecule has 2 amide bonds. The Labute approximate surface area is 223 Å². The molecule has 9 nitrogen and oxygen atoms in total. The molecule has 3 fully saturated rings. The summed E-state index contributed by atoms with van der Waals surface area (Å²) in [6.07, 6.45) is 2.76. The first kappa shape index (κ1) is 26.7. The van der Waals surface area contributed by atoms with Gasteiger partial charge in [-0.2, -0.15) is 4.31 Å². The van der Waals surface area contributed by atoms with Crippen molar-refractivity contribution in [1.82, 2.24) is 19.1 Å². The number of aryl methyl sites for hydroxylation is 2. The Balaban J connectivity index is 1.21. The van der Waals surface area contributed by atoms with Crippen molar-refractivity contribution in [2.45, 2.75) is 44.4 Å². The summed E-state index contributed by atoms with van der Waals surface area (Å²) < 4.78 is 42.1. The van der Waals surface area contributed by atoms with Crippen LogP contribution in [-0.2, 0) is 14.8 Å². The number of nitrogens with zero attached hydrogens (tertiary/aromatic N) is 4. The van der Waals surface area contributed by atoms with Crippen LogP contribution in [0, 0.1) is 25.6 Å². The van der Waals surface area contributed by atoms with Crippen molar-refractivity contribution in [3.63, 3.8) is 0 Å². The highest BCUT2D eigenvalue weighted by Crippen LogP contribution is 2.32. The Morgan fingerprint density at radius 2 is 1.45 bits per heavy atom. The van der Waals surface area contributed by atoms with Crippen LogP contribution in [0.1, 0.15) is 47.4 Å². The first-order valence-electron chi connectivity index (χ1n) is 13.4. The highest BCUT2D eigenvalue weighted by molar-refractivity contribution is 7.89. The number of sulfonamides is 1. The number of carbonyl (C=O) groups is 2. The number of nitrogens with one attached hydrogen (secondary N) is 1. The molecule has 0 radical (unpaired) electrons. The van der Waals surface area contributed by atoms with Gasteiger partial charge in [0.25, 0.3) is 5.91 Å². The number of piperidine rings is 1. The van der Waals surface area contributed by atoms with Gasteiger partial charge in [-0.05, 0) is 63.8 Å². The summed E-state index contributed by atoms with van der Waals surface area (Å²) >= 11 is 0. The Morgan fingerprint density at radius 1 is 0.842 bits per heavy atom. The van der Waals surface area contributed by atoms with E-state index in [9.17, 15) is 22.4 Å². The lowest BCUT2D eigenvalue weighted by Crippen LogP contribution is -2.52. The van der Waals surface area contributed by atoms with E-state index in [-0.39, 0.29) is 47.1 Å². The predicted molar refractivity (Wildman–Crippen MR) is 142 cm³/mol. The van der Waals surface area contributed by atoms with E-state index in [1.807, 2.05) is 4.90 Å². The summed E-state index contributed by atoms with van der Waals surface area (Å²) in [4.78, 5) is 35.4. The lowest BCUT2D eigenvalue weighted by molar-refractivity contribution is -0.137. The summed E-state index contributed by atoms with van der Waals surface area (Å²) in [6.45, 7) is 7.73. The number of hydrogen-bond acceptors (Lipinski definition) is 5. The number of H-pyrrole nitrogens is 1. The number of rotatable bonds is 5. The standard InChI is InChI=1S/C27H36FN5O4S/c1-19-24(27(35)31-11-3-4-12-31)25(20(2)29-19)38(36,37)33-13-9-21(10-14-33)26(34)32-17-15-30(16-18-32)23-7-5-22(28)6-8-23/h5-8,21,29H,3-4,9-18H2,1-2H3. The van der Waals surface area contributed by atoms with Gasteiger partial charge < -0.3 is 19.7 Å². The Morgan fingerprint density at radius 3 is 2.05 bits per heavy atom. The molecule has 0 unspecified atom stereocenters. The molecule has 5 rings (SSSR count). The minimum Gasteiger partial charge on any atom is -0.368 e. The van der Waals surface area contributed by atoms with Crippen molar-refractivity contribution in [3.8, 4) is 0 Å². The topological polar surface area (TPSA) is 97.0 Å². The quantitative estimate of drug-likeness (QED) is 0.623. The molecule has 3 saturated heterocycles.